The van der Waals surface area contributed by atoms with Gasteiger partial charge in [-0.1, -0.05) is 18.9 Å². The van der Waals surface area contributed by atoms with Crippen LogP contribution in [0, 0.1) is 0 Å². The molecule has 6 rings (SSSR count). The molecule has 0 unspecified atom stereocenters. The first-order valence-corrected chi connectivity index (χ1v) is 12.7. The number of anilines is 2. The molecule has 2 aliphatic carbocycles. The Morgan fingerprint density at radius 3 is 2.60 bits per heavy atom. The lowest BCUT2D eigenvalue weighted by Crippen LogP contribution is -2.33. The first-order chi connectivity index (χ1) is 17.2. The fourth-order valence-electron chi connectivity index (χ4n) is 5.25. The standard InChI is InChI=1S/C25H32N10/c26-18-7-9-19(10-8-18)31-25-32-23(22-24(33-25)34(16-29-22)20-4-1-2-5-20)28-15-17-6-11-21(27-14-17)35-13-3-12-30-35/h3,6,11-14,16,18-20H,1-2,4-5,7-10,15,26H2,(H2,28,31,32,33). The van der Waals surface area contributed by atoms with Crippen molar-refractivity contribution in [3.8, 4) is 5.82 Å². The molecule has 0 aromatic carbocycles. The number of fused-ring (bicyclic) bond motifs is 1. The minimum Gasteiger partial charge on any atom is -0.364 e. The van der Waals surface area contributed by atoms with Crippen molar-refractivity contribution in [2.24, 2.45) is 5.73 Å². The lowest BCUT2D eigenvalue weighted by molar-refractivity contribution is 0.410. The monoisotopic (exact) mass is 472 g/mol. The number of nitrogens with one attached hydrogen (secondary N) is 2. The van der Waals surface area contributed by atoms with Gasteiger partial charge in [-0.25, -0.2) is 14.6 Å². The number of nitrogens with two attached hydrogens (primary N) is 1. The molecular formula is C25H32N10. The minimum atomic E-state index is 0.311. The quantitative estimate of drug-likeness (QED) is 0.371. The van der Waals surface area contributed by atoms with E-state index in [0.29, 0.717) is 30.6 Å². The summed E-state index contributed by atoms with van der Waals surface area (Å²) < 4.78 is 3.99. The van der Waals surface area contributed by atoms with Gasteiger partial charge in [-0.05, 0) is 56.2 Å². The topological polar surface area (TPSA) is 124 Å². The van der Waals surface area contributed by atoms with Crippen molar-refractivity contribution in [3.05, 3.63) is 48.7 Å². The van der Waals surface area contributed by atoms with Crippen molar-refractivity contribution >= 4 is 22.9 Å². The number of hydrogen-bond acceptors (Lipinski definition) is 8. The SMILES string of the molecule is NC1CCC(Nc2nc(NCc3ccc(-n4cccn4)nc3)c3ncn(C4CCCC4)c3n2)CC1. The van der Waals surface area contributed by atoms with E-state index >= 15 is 0 Å². The van der Waals surface area contributed by atoms with Crippen LogP contribution in [0.1, 0.15) is 63.0 Å². The molecule has 182 valence electrons. The molecule has 2 fully saturated rings. The van der Waals surface area contributed by atoms with Crippen LogP contribution < -0.4 is 16.4 Å². The molecule has 0 amide bonds. The van der Waals surface area contributed by atoms with Crippen LogP contribution in [-0.2, 0) is 6.54 Å². The molecule has 4 heterocycles. The molecule has 4 aromatic heterocycles. The van der Waals surface area contributed by atoms with Crippen molar-refractivity contribution in [3.63, 3.8) is 0 Å². The molecule has 0 radical (unpaired) electrons. The summed E-state index contributed by atoms with van der Waals surface area (Å²) in [4.78, 5) is 19.0. The largest absolute Gasteiger partial charge is 0.364 e. The Labute approximate surface area is 204 Å². The Kier molecular flexibility index (Phi) is 6.03. The Balaban J connectivity index is 1.25. The smallest absolute Gasteiger partial charge is 0.227 e. The van der Waals surface area contributed by atoms with Gasteiger partial charge in [0.1, 0.15) is 0 Å². The fraction of sp³-hybridized carbons (Fsp3) is 0.480. The molecule has 2 saturated carbocycles. The van der Waals surface area contributed by atoms with E-state index in [0.717, 1.165) is 54.0 Å². The summed E-state index contributed by atoms with van der Waals surface area (Å²) in [5.74, 6) is 2.20. The van der Waals surface area contributed by atoms with Crippen LogP contribution in [0.2, 0.25) is 0 Å². The van der Waals surface area contributed by atoms with Gasteiger partial charge in [-0.2, -0.15) is 15.1 Å². The molecule has 0 saturated heterocycles. The van der Waals surface area contributed by atoms with Crippen LogP contribution in [0.4, 0.5) is 11.8 Å². The Morgan fingerprint density at radius 1 is 1.00 bits per heavy atom. The third-order valence-corrected chi connectivity index (χ3v) is 7.25. The normalized spacial score (nSPS) is 20.9. The minimum absolute atomic E-state index is 0.311. The summed E-state index contributed by atoms with van der Waals surface area (Å²) in [5.41, 5.74) is 8.87. The zero-order chi connectivity index (χ0) is 23.6. The van der Waals surface area contributed by atoms with Crippen LogP contribution in [-0.4, -0.2) is 46.4 Å². The molecule has 2 aliphatic rings. The second kappa shape index (κ2) is 9.61. The molecule has 0 bridgehead atoms. The maximum Gasteiger partial charge on any atom is 0.227 e. The predicted molar refractivity (Wildman–Crippen MR) is 135 cm³/mol. The van der Waals surface area contributed by atoms with Crippen molar-refractivity contribution in [1.29, 1.82) is 0 Å². The molecule has 10 heteroatoms. The molecular weight excluding hydrogens is 440 g/mol. The molecule has 0 aliphatic heterocycles. The summed E-state index contributed by atoms with van der Waals surface area (Å²) in [5, 5.41) is 11.3. The van der Waals surface area contributed by atoms with Gasteiger partial charge in [-0.15, -0.1) is 0 Å². The van der Waals surface area contributed by atoms with E-state index in [2.05, 4.69) is 31.3 Å². The maximum absolute atomic E-state index is 6.11. The lowest BCUT2D eigenvalue weighted by atomic mass is 9.92. The highest BCUT2D eigenvalue weighted by atomic mass is 15.3. The third-order valence-electron chi connectivity index (χ3n) is 7.25. The molecule has 0 atom stereocenters. The highest BCUT2D eigenvalue weighted by molar-refractivity contribution is 5.84. The van der Waals surface area contributed by atoms with Crippen LogP contribution >= 0.6 is 0 Å². The maximum atomic E-state index is 6.11. The molecule has 0 spiro atoms. The van der Waals surface area contributed by atoms with Gasteiger partial charge < -0.3 is 20.9 Å². The van der Waals surface area contributed by atoms with Gasteiger partial charge in [0, 0.05) is 43.3 Å². The second-order valence-electron chi connectivity index (χ2n) is 9.74. The Bertz CT molecular complexity index is 1250. The number of nitrogens with zero attached hydrogens (tertiary/aromatic N) is 7. The van der Waals surface area contributed by atoms with Gasteiger partial charge in [0.15, 0.2) is 22.8 Å². The van der Waals surface area contributed by atoms with Crippen molar-refractivity contribution in [1.82, 2.24) is 34.3 Å². The second-order valence-corrected chi connectivity index (χ2v) is 9.74. The first kappa shape index (κ1) is 22.0. The number of pyridine rings is 1. The van der Waals surface area contributed by atoms with Crippen LogP contribution in [0.5, 0.6) is 0 Å². The highest BCUT2D eigenvalue weighted by Crippen LogP contribution is 2.33. The molecule has 4 N–H and O–H groups in total. The van der Waals surface area contributed by atoms with E-state index in [4.69, 9.17) is 20.7 Å². The first-order valence-electron chi connectivity index (χ1n) is 12.7. The van der Waals surface area contributed by atoms with E-state index in [1.807, 2.05) is 30.9 Å². The molecule has 35 heavy (non-hydrogen) atoms. The van der Waals surface area contributed by atoms with Gasteiger partial charge in [0.25, 0.3) is 0 Å². The van der Waals surface area contributed by atoms with Crippen LogP contribution in [0.15, 0.2) is 43.1 Å². The van der Waals surface area contributed by atoms with Gasteiger partial charge in [-0.3, -0.25) is 0 Å². The molecule has 4 aromatic rings. The van der Waals surface area contributed by atoms with Crippen LogP contribution in [0.3, 0.4) is 0 Å². The van der Waals surface area contributed by atoms with Crippen molar-refractivity contribution in [2.45, 2.75) is 76.0 Å². The van der Waals surface area contributed by atoms with Crippen molar-refractivity contribution in [2.75, 3.05) is 10.6 Å². The summed E-state index contributed by atoms with van der Waals surface area (Å²) >= 11 is 0. The zero-order valence-corrected chi connectivity index (χ0v) is 19.8. The average molecular weight is 473 g/mol. The van der Waals surface area contributed by atoms with Gasteiger partial charge >= 0.3 is 0 Å². The third kappa shape index (κ3) is 4.70. The fourth-order valence-corrected chi connectivity index (χ4v) is 5.25. The Hall–Kier alpha value is -3.53. The van der Waals surface area contributed by atoms with Crippen molar-refractivity contribution < 1.29 is 0 Å². The van der Waals surface area contributed by atoms with E-state index in [9.17, 15) is 0 Å². The zero-order valence-electron chi connectivity index (χ0n) is 19.8. The van der Waals surface area contributed by atoms with E-state index in [-0.39, 0.29) is 0 Å². The van der Waals surface area contributed by atoms with E-state index < -0.39 is 0 Å². The summed E-state index contributed by atoms with van der Waals surface area (Å²) in [6, 6.07) is 7.02. The highest BCUT2D eigenvalue weighted by Gasteiger charge is 2.23. The summed E-state index contributed by atoms with van der Waals surface area (Å²) in [7, 11) is 0. The lowest BCUT2D eigenvalue weighted by Gasteiger charge is -2.27. The number of imidazole rings is 1. The molecule has 10 nitrogen and oxygen atoms in total. The average Bonchev–Trinajstić information content (AvgIpc) is 3.66. The Morgan fingerprint density at radius 2 is 1.86 bits per heavy atom. The summed E-state index contributed by atoms with van der Waals surface area (Å²) in [6.07, 6.45) is 16.5. The predicted octanol–water partition coefficient (Wildman–Crippen LogP) is 3.82. The number of hydrogen-bond donors (Lipinski definition) is 3. The van der Waals surface area contributed by atoms with E-state index in [1.54, 1.807) is 10.9 Å². The number of aromatic nitrogens is 7. The van der Waals surface area contributed by atoms with E-state index in [1.165, 1.54) is 25.7 Å². The number of rotatable bonds is 7. The van der Waals surface area contributed by atoms with Gasteiger partial charge in [0.2, 0.25) is 5.95 Å². The summed E-state index contributed by atoms with van der Waals surface area (Å²) in [6.45, 7) is 0.590. The van der Waals surface area contributed by atoms with Gasteiger partial charge in [0.05, 0.1) is 6.33 Å². The van der Waals surface area contributed by atoms with Crippen LogP contribution in [0.25, 0.3) is 17.0 Å².